The highest BCUT2D eigenvalue weighted by Crippen LogP contribution is 2.28. The molecule has 166 valence electrons. The van der Waals surface area contributed by atoms with Crippen LogP contribution in [0.5, 0.6) is 11.5 Å². The van der Waals surface area contributed by atoms with Crippen LogP contribution in [0.3, 0.4) is 0 Å². The molecule has 2 N–H and O–H groups in total. The minimum atomic E-state index is -0.456. The van der Waals surface area contributed by atoms with Gasteiger partial charge in [-0.2, -0.15) is 0 Å². The van der Waals surface area contributed by atoms with Crippen molar-refractivity contribution in [3.8, 4) is 11.5 Å². The number of methoxy groups -OCH3 is 2. The highest BCUT2D eigenvalue weighted by Gasteiger charge is 2.22. The zero-order valence-electron chi connectivity index (χ0n) is 17.2. The van der Waals surface area contributed by atoms with Crippen LogP contribution in [0, 0.1) is 0 Å². The number of pyridine rings is 1. The molecular weight excluding hydrogens is 445 g/mol. The molecule has 1 aromatic heterocycles. The number of piperazine rings is 1. The fourth-order valence-electron chi connectivity index (χ4n) is 3.18. The van der Waals surface area contributed by atoms with Gasteiger partial charge in [0.05, 0.1) is 30.8 Å². The van der Waals surface area contributed by atoms with E-state index in [0.717, 1.165) is 0 Å². The average Bonchev–Trinajstić information content (AvgIpc) is 2.77. The van der Waals surface area contributed by atoms with E-state index in [1.54, 1.807) is 24.4 Å². The summed E-state index contributed by atoms with van der Waals surface area (Å²) < 4.78 is 10.3. The molecule has 1 saturated heterocycles. The predicted octanol–water partition coefficient (Wildman–Crippen LogP) is 1.99. The minimum Gasteiger partial charge on any atom is -0.493 e. The number of ether oxygens (including phenoxy) is 2. The van der Waals surface area contributed by atoms with Gasteiger partial charge in [-0.05, 0) is 24.3 Å². The van der Waals surface area contributed by atoms with Crippen LogP contribution in [0.1, 0.15) is 10.4 Å². The molecule has 1 fully saturated rings. The van der Waals surface area contributed by atoms with Crippen LogP contribution >= 0.6 is 23.2 Å². The van der Waals surface area contributed by atoms with E-state index < -0.39 is 5.91 Å². The third-order valence-corrected chi connectivity index (χ3v) is 5.27. The highest BCUT2D eigenvalue weighted by atomic mass is 35.5. The lowest BCUT2D eigenvalue weighted by atomic mass is 10.2. The Hall–Kier alpha value is -2.75. The molecule has 2 heterocycles. The van der Waals surface area contributed by atoms with Crippen LogP contribution in [0.15, 0.2) is 30.5 Å². The molecule has 2 aromatic rings. The first kappa shape index (κ1) is 22.9. The number of hydrogen-bond acceptors (Lipinski definition) is 7. The minimum absolute atomic E-state index is 0.155. The third-order valence-electron chi connectivity index (χ3n) is 4.79. The maximum absolute atomic E-state index is 12.3. The van der Waals surface area contributed by atoms with E-state index in [9.17, 15) is 9.59 Å². The van der Waals surface area contributed by atoms with Crippen LogP contribution in [-0.2, 0) is 4.79 Å². The number of carbonyl (C=O) groups excluding carboxylic acids is 2. The smallest absolute Gasteiger partial charge is 0.269 e. The number of anilines is 1. The topological polar surface area (TPSA) is 96.0 Å². The lowest BCUT2D eigenvalue weighted by molar-refractivity contribution is -0.123. The molecule has 9 nitrogen and oxygen atoms in total. The molecule has 0 spiro atoms. The Balaban J connectivity index is 1.46. The largest absolute Gasteiger partial charge is 0.493 e. The number of rotatable bonds is 6. The van der Waals surface area contributed by atoms with Crippen molar-refractivity contribution in [2.75, 3.05) is 51.8 Å². The summed E-state index contributed by atoms with van der Waals surface area (Å²) in [6.45, 7) is 2.79. The van der Waals surface area contributed by atoms with Crippen LogP contribution < -0.4 is 25.2 Å². The molecule has 0 aliphatic carbocycles. The van der Waals surface area contributed by atoms with Crippen molar-refractivity contribution >= 4 is 40.8 Å². The highest BCUT2D eigenvalue weighted by molar-refractivity contribution is 6.36. The Labute approximate surface area is 190 Å². The molecule has 1 aromatic carbocycles. The second-order valence-electron chi connectivity index (χ2n) is 6.79. The van der Waals surface area contributed by atoms with Gasteiger partial charge in [-0.25, -0.2) is 4.98 Å². The van der Waals surface area contributed by atoms with Gasteiger partial charge in [0.25, 0.3) is 11.8 Å². The summed E-state index contributed by atoms with van der Waals surface area (Å²) in [6, 6.07) is 6.40. The van der Waals surface area contributed by atoms with Crippen molar-refractivity contribution in [3.05, 3.63) is 46.1 Å². The molecule has 0 unspecified atom stereocenters. The summed E-state index contributed by atoms with van der Waals surface area (Å²) in [5.41, 5.74) is 5.18. The number of nitrogens with one attached hydrogen (secondary N) is 2. The number of aromatic nitrogens is 1. The molecule has 3 rings (SSSR count). The van der Waals surface area contributed by atoms with Gasteiger partial charge in [0.1, 0.15) is 5.82 Å². The summed E-state index contributed by atoms with van der Waals surface area (Å²) in [5, 5.41) is 0.982. The van der Waals surface area contributed by atoms with Gasteiger partial charge in [-0.15, -0.1) is 0 Å². The average molecular weight is 468 g/mol. The SMILES string of the molecule is COc1ccc(C(=O)NNC(=O)CN2CCN(c3ncc(Cl)cc3Cl)CC2)cc1OC. The van der Waals surface area contributed by atoms with Crippen molar-refractivity contribution in [2.45, 2.75) is 0 Å². The van der Waals surface area contributed by atoms with Crippen LogP contribution in [0.4, 0.5) is 5.82 Å². The van der Waals surface area contributed by atoms with Crippen molar-refractivity contribution in [1.82, 2.24) is 20.7 Å². The van der Waals surface area contributed by atoms with Crippen LogP contribution in [0.2, 0.25) is 10.0 Å². The summed E-state index contributed by atoms with van der Waals surface area (Å²) >= 11 is 12.1. The van der Waals surface area contributed by atoms with Crippen LogP contribution in [-0.4, -0.2) is 68.6 Å². The van der Waals surface area contributed by atoms with Gasteiger partial charge in [-0.1, -0.05) is 23.2 Å². The van der Waals surface area contributed by atoms with E-state index >= 15 is 0 Å². The standard InChI is InChI=1S/C20H23Cl2N5O4/c1-30-16-4-3-13(9-17(16)31-2)20(29)25-24-18(28)12-26-5-7-27(8-6-26)19-15(22)10-14(21)11-23-19/h3-4,9-11H,5-8,12H2,1-2H3,(H,24,28)(H,25,29). The monoisotopic (exact) mass is 467 g/mol. The zero-order chi connectivity index (χ0) is 22.4. The Morgan fingerprint density at radius 2 is 1.74 bits per heavy atom. The van der Waals surface area contributed by atoms with Crippen molar-refractivity contribution < 1.29 is 19.1 Å². The molecular formula is C20H23Cl2N5O4. The van der Waals surface area contributed by atoms with Gasteiger partial charge in [0.15, 0.2) is 11.5 Å². The number of hydrogen-bond donors (Lipinski definition) is 2. The third kappa shape index (κ3) is 5.90. The van der Waals surface area contributed by atoms with Crippen molar-refractivity contribution in [3.63, 3.8) is 0 Å². The molecule has 11 heteroatoms. The molecule has 0 atom stereocenters. The predicted molar refractivity (Wildman–Crippen MR) is 118 cm³/mol. The fraction of sp³-hybridized carbons (Fsp3) is 0.350. The molecule has 0 radical (unpaired) electrons. The van der Waals surface area contributed by atoms with E-state index in [1.807, 2.05) is 9.80 Å². The number of amides is 2. The Kier molecular flexibility index (Phi) is 7.78. The fourth-order valence-corrected chi connectivity index (χ4v) is 3.68. The number of carbonyl (C=O) groups is 2. The first-order valence-corrected chi connectivity index (χ1v) is 10.3. The van der Waals surface area contributed by atoms with E-state index in [-0.39, 0.29) is 12.5 Å². The van der Waals surface area contributed by atoms with Gasteiger partial charge in [0, 0.05) is 37.9 Å². The molecule has 1 aliphatic rings. The zero-order valence-corrected chi connectivity index (χ0v) is 18.7. The van der Waals surface area contributed by atoms with E-state index in [0.29, 0.717) is 59.1 Å². The van der Waals surface area contributed by atoms with Gasteiger partial charge < -0.3 is 14.4 Å². The molecule has 2 amide bonds. The van der Waals surface area contributed by atoms with Gasteiger partial charge >= 0.3 is 0 Å². The first-order chi connectivity index (χ1) is 14.9. The van der Waals surface area contributed by atoms with E-state index in [4.69, 9.17) is 32.7 Å². The Morgan fingerprint density at radius 3 is 2.39 bits per heavy atom. The van der Waals surface area contributed by atoms with Gasteiger partial charge in [0.2, 0.25) is 0 Å². The number of nitrogens with zero attached hydrogens (tertiary/aromatic N) is 3. The molecule has 0 saturated carbocycles. The molecule has 31 heavy (non-hydrogen) atoms. The summed E-state index contributed by atoms with van der Waals surface area (Å²) in [7, 11) is 3.00. The summed E-state index contributed by atoms with van der Waals surface area (Å²) in [5.74, 6) is 0.844. The number of benzene rings is 1. The van der Waals surface area contributed by atoms with Crippen molar-refractivity contribution in [1.29, 1.82) is 0 Å². The Morgan fingerprint density at radius 1 is 1.03 bits per heavy atom. The number of halogens is 2. The van der Waals surface area contributed by atoms with Gasteiger partial charge in [-0.3, -0.25) is 25.3 Å². The maximum atomic E-state index is 12.3. The van der Waals surface area contributed by atoms with E-state index in [2.05, 4.69) is 15.8 Å². The van der Waals surface area contributed by atoms with Crippen LogP contribution in [0.25, 0.3) is 0 Å². The number of hydrazine groups is 1. The second-order valence-corrected chi connectivity index (χ2v) is 7.64. The van der Waals surface area contributed by atoms with E-state index in [1.165, 1.54) is 20.3 Å². The van der Waals surface area contributed by atoms with Crippen molar-refractivity contribution in [2.24, 2.45) is 0 Å². The first-order valence-electron chi connectivity index (χ1n) is 9.51. The Bertz CT molecular complexity index is 951. The molecule has 0 bridgehead atoms. The molecule has 1 aliphatic heterocycles. The quantitative estimate of drug-likeness (QED) is 0.626. The maximum Gasteiger partial charge on any atom is 0.269 e. The summed E-state index contributed by atoms with van der Waals surface area (Å²) in [4.78, 5) is 32.9. The lowest BCUT2D eigenvalue weighted by Crippen LogP contribution is -2.52. The lowest BCUT2D eigenvalue weighted by Gasteiger charge is -2.35. The summed E-state index contributed by atoms with van der Waals surface area (Å²) in [6.07, 6.45) is 1.56. The second kappa shape index (κ2) is 10.5. The normalized spacial score (nSPS) is 14.1.